The summed E-state index contributed by atoms with van der Waals surface area (Å²) in [5.74, 6) is 0.952. The molecule has 0 aliphatic heterocycles. The fraction of sp³-hybridized carbons (Fsp3) is 0.571. The van der Waals surface area contributed by atoms with Crippen molar-refractivity contribution in [1.29, 1.82) is 0 Å². The lowest BCUT2D eigenvalue weighted by Gasteiger charge is -2.18. The molecule has 19 heavy (non-hydrogen) atoms. The minimum Gasteiger partial charge on any atom is -0.467 e. The van der Waals surface area contributed by atoms with Crippen molar-refractivity contribution < 1.29 is 4.42 Å². The summed E-state index contributed by atoms with van der Waals surface area (Å²) in [6.07, 6.45) is 5.67. The zero-order valence-electron chi connectivity index (χ0n) is 11.9. The molecule has 2 heterocycles. The molecule has 1 N–H and O–H groups in total. The van der Waals surface area contributed by atoms with Crippen LogP contribution in [0, 0.1) is 6.92 Å². The van der Waals surface area contributed by atoms with E-state index in [1.165, 1.54) is 0 Å². The van der Waals surface area contributed by atoms with Gasteiger partial charge >= 0.3 is 0 Å². The van der Waals surface area contributed by atoms with Crippen LogP contribution in [-0.4, -0.2) is 21.5 Å². The Morgan fingerprint density at radius 3 is 2.84 bits per heavy atom. The first-order chi connectivity index (χ1) is 9.27. The van der Waals surface area contributed by atoms with Gasteiger partial charge in [0.15, 0.2) is 0 Å². The van der Waals surface area contributed by atoms with Crippen LogP contribution < -0.4 is 5.32 Å². The van der Waals surface area contributed by atoms with Gasteiger partial charge in [0.05, 0.1) is 18.2 Å². The van der Waals surface area contributed by atoms with E-state index in [-0.39, 0.29) is 6.04 Å². The Bertz CT molecular complexity index is 503. The molecule has 0 saturated heterocycles. The molecule has 0 aliphatic carbocycles. The molecule has 0 bridgehead atoms. The minimum absolute atomic E-state index is 0.0245. The molecule has 1 unspecified atom stereocenters. The number of aryl methyl sites for hydroxylation is 2. The second-order valence-corrected chi connectivity index (χ2v) is 4.74. The van der Waals surface area contributed by atoms with E-state index in [0.29, 0.717) is 0 Å². The molecule has 2 aromatic heterocycles. The van der Waals surface area contributed by atoms with E-state index in [4.69, 9.17) is 4.42 Å². The molecule has 104 valence electrons. The van der Waals surface area contributed by atoms with Crippen molar-refractivity contribution in [3.8, 4) is 0 Å². The summed E-state index contributed by atoms with van der Waals surface area (Å²) in [7, 11) is 0. The first-order valence-electron chi connectivity index (χ1n) is 6.93. The molecule has 0 radical (unpaired) electrons. The van der Waals surface area contributed by atoms with Crippen LogP contribution in [0.25, 0.3) is 0 Å². The summed E-state index contributed by atoms with van der Waals surface area (Å²) < 4.78 is 7.60. The predicted octanol–water partition coefficient (Wildman–Crippen LogP) is 2.68. The number of nitrogens with one attached hydrogen (secondary N) is 1. The van der Waals surface area contributed by atoms with Gasteiger partial charge in [-0.25, -0.2) is 4.68 Å². The van der Waals surface area contributed by atoms with E-state index in [0.717, 1.165) is 42.9 Å². The maximum Gasteiger partial charge on any atom is 0.129 e. The Morgan fingerprint density at radius 2 is 2.21 bits per heavy atom. The Kier molecular flexibility index (Phi) is 4.74. The zero-order chi connectivity index (χ0) is 13.7. The number of aromatic nitrogens is 3. The monoisotopic (exact) mass is 262 g/mol. The molecule has 2 rings (SSSR count). The van der Waals surface area contributed by atoms with Crippen LogP contribution in [0.15, 0.2) is 22.9 Å². The molecule has 0 spiro atoms. The van der Waals surface area contributed by atoms with Gasteiger partial charge in [-0.2, -0.15) is 0 Å². The molecular formula is C14H22N4O. The maximum absolute atomic E-state index is 5.65. The van der Waals surface area contributed by atoms with Crippen molar-refractivity contribution in [2.24, 2.45) is 0 Å². The molecule has 0 amide bonds. The Hall–Kier alpha value is -1.62. The summed E-state index contributed by atoms with van der Waals surface area (Å²) in [5, 5.41) is 11.7. The van der Waals surface area contributed by atoms with E-state index in [9.17, 15) is 0 Å². The molecule has 5 nitrogen and oxygen atoms in total. The maximum atomic E-state index is 5.65. The van der Waals surface area contributed by atoms with Crippen LogP contribution in [0.2, 0.25) is 0 Å². The van der Waals surface area contributed by atoms with Gasteiger partial charge < -0.3 is 9.73 Å². The van der Waals surface area contributed by atoms with E-state index in [1.54, 1.807) is 6.26 Å². The lowest BCUT2D eigenvalue weighted by atomic mass is 10.1. The Morgan fingerprint density at radius 1 is 1.37 bits per heavy atom. The normalized spacial score (nSPS) is 12.8. The van der Waals surface area contributed by atoms with Gasteiger partial charge in [-0.3, -0.25) is 0 Å². The number of hydrogen-bond donors (Lipinski definition) is 1. The highest BCUT2D eigenvalue weighted by atomic mass is 16.3. The summed E-state index contributed by atoms with van der Waals surface area (Å²) in [5.41, 5.74) is 2.21. The van der Waals surface area contributed by atoms with E-state index in [2.05, 4.69) is 36.4 Å². The fourth-order valence-corrected chi connectivity index (χ4v) is 2.18. The molecule has 0 aliphatic rings. The first kappa shape index (κ1) is 13.8. The number of furan rings is 1. The Labute approximate surface area is 114 Å². The fourth-order valence-electron chi connectivity index (χ4n) is 2.18. The highest BCUT2D eigenvalue weighted by Gasteiger charge is 2.22. The molecule has 0 saturated carbocycles. The SMILES string of the molecule is CCCNC(c1occc1C)c1cnnn1CCC. The molecule has 5 heteroatoms. The third-order valence-corrected chi connectivity index (χ3v) is 3.14. The molecule has 1 atom stereocenters. The first-order valence-corrected chi connectivity index (χ1v) is 6.93. The second-order valence-electron chi connectivity index (χ2n) is 4.74. The van der Waals surface area contributed by atoms with Gasteiger partial charge in [0, 0.05) is 6.54 Å². The average Bonchev–Trinajstić information content (AvgIpc) is 3.01. The van der Waals surface area contributed by atoms with Gasteiger partial charge in [0.25, 0.3) is 0 Å². The number of hydrogen-bond acceptors (Lipinski definition) is 4. The van der Waals surface area contributed by atoms with Crippen LogP contribution in [0.5, 0.6) is 0 Å². The lowest BCUT2D eigenvalue weighted by molar-refractivity contribution is 0.420. The molecule has 0 fully saturated rings. The largest absolute Gasteiger partial charge is 0.467 e. The molecule has 0 aromatic carbocycles. The summed E-state index contributed by atoms with van der Waals surface area (Å²) >= 11 is 0. The topological polar surface area (TPSA) is 55.9 Å². The van der Waals surface area contributed by atoms with Crippen molar-refractivity contribution in [1.82, 2.24) is 20.3 Å². The van der Waals surface area contributed by atoms with Crippen molar-refractivity contribution in [2.75, 3.05) is 6.54 Å². The van der Waals surface area contributed by atoms with Gasteiger partial charge in [-0.1, -0.05) is 19.1 Å². The number of nitrogens with zero attached hydrogens (tertiary/aromatic N) is 3. The lowest BCUT2D eigenvalue weighted by Crippen LogP contribution is -2.26. The second kappa shape index (κ2) is 6.52. The summed E-state index contributed by atoms with van der Waals surface area (Å²) in [6.45, 7) is 8.16. The van der Waals surface area contributed by atoms with Crippen molar-refractivity contribution in [3.63, 3.8) is 0 Å². The van der Waals surface area contributed by atoms with Crippen LogP contribution in [0.4, 0.5) is 0 Å². The Balaban J connectivity index is 2.31. The average molecular weight is 262 g/mol. The highest BCUT2D eigenvalue weighted by Crippen LogP contribution is 2.25. The van der Waals surface area contributed by atoms with Crippen molar-refractivity contribution in [3.05, 3.63) is 35.5 Å². The molecule has 2 aromatic rings. The van der Waals surface area contributed by atoms with Crippen LogP contribution in [0.1, 0.15) is 49.7 Å². The van der Waals surface area contributed by atoms with E-state index in [1.807, 2.05) is 16.9 Å². The number of rotatable bonds is 7. The smallest absolute Gasteiger partial charge is 0.129 e. The minimum atomic E-state index is 0.0245. The zero-order valence-corrected chi connectivity index (χ0v) is 11.9. The third kappa shape index (κ3) is 3.04. The quantitative estimate of drug-likeness (QED) is 0.833. The van der Waals surface area contributed by atoms with E-state index >= 15 is 0 Å². The van der Waals surface area contributed by atoms with Gasteiger partial charge in [-0.15, -0.1) is 5.10 Å². The van der Waals surface area contributed by atoms with Gasteiger partial charge in [0.1, 0.15) is 11.8 Å². The summed E-state index contributed by atoms with van der Waals surface area (Å²) in [4.78, 5) is 0. The highest BCUT2D eigenvalue weighted by molar-refractivity contribution is 5.25. The van der Waals surface area contributed by atoms with Crippen LogP contribution in [-0.2, 0) is 6.54 Å². The van der Waals surface area contributed by atoms with Crippen molar-refractivity contribution >= 4 is 0 Å². The third-order valence-electron chi connectivity index (χ3n) is 3.14. The van der Waals surface area contributed by atoms with Crippen LogP contribution >= 0.6 is 0 Å². The predicted molar refractivity (Wildman–Crippen MR) is 73.9 cm³/mol. The van der Waals surface area contributed by atoms with Gasteiger partial charge in [-0.05, 0) is 37.9 Å². The molecular weight excluding hydrogens is 240 g/mol. The van der Waals surface area contributed by atoms with Crippen LogP contribution in [0.3, 0.4) is 0 Å². The van der Waals surface area contributed by atoms with E-state index < -0.39 is 0 Å². The van der Waals surface area contributed by atoms with Gasteiger partial charge in [0.2, 0.25) is 0 Å². The summed E-state index contributed by atoms with van der Waals surface area (Å²) in [6, 6.07) is 2.01. The standard InChI is InChI=1S/C14H22N4O/c1-4-7-15-13(14-11(3)6-9-19-14)12-10-16-17-18(12)8-5-2/h6,9-10,13,15H,4-5,7-8H2,1-3H3. The van der Waals surface area contributed by atoms with Crippen molar-refractivity contribution in [2.45, 2.75) is 46.2 Å².